The van der Waals surface area contributed by atoms with Crippen molar-refractivity contribution in [3.05, 3.63) is 54.1 Å². The third-order valence-electron chi connectivity index (χ3n) is 3.60. The van der Waals surface area contributed by atoms with Crippen LogP contribution in [-0.4, -0.2) is 34.8 Å². The molecule has 8 heteroatoms. The Morgan fingerprint density at radius 3 is 2.41 bits per heavy atom. The normalized spacial score (nSPS) is 10.4. The molecule has 0 fully saturated rings. The molecule has 0 saturated heterocycles. The largest absolute Gasteiger partial charge is 0.497 e. The van der Waals surface area contributed by atoms with Crippen molar-refractivity contribution >= 4 is 29.1 Å². The summed E-state index contributed by atoms with van der Waals surface area (Å²) in [5, 5.41) is 11.0. The number of ether oxygens (including phenoxy) is 1. The van der Waals surface area contributed by atoms with Gasteiger partial charge in [-0.15, -0.1) is 10.2 Å². The van der Waals surface area contributed by atoms with Gasteiger partial charge in [-0.2, -0.15) is 0 Å². The number of hydrogen-bond acceptors (Lipinski definition) is 7. The van der Waals surface area contributed by atoms with Crippen LogP contribution in [0, 0.1) is 0 Å². The maximum Gasteiger partial charge on any atom is 0.277 e. The Kier molecular flexibility index (Phi) is 5.87. The van der Waals surface area contributed by atoms with Gasteiger partial charge in [-0.3, -0.25) is 9.59 Å². The Morgan fingerprint density at radius 1 is 1.07 bits per heavy atom. The predicted octanol–water partition coefficient (Wildman–Crippen LogP) is 3.68. The van der Waals surface area contributed by atoms with Crippen LogP contribution in [0.2, 0.25) is 0 Å². The molecular weight excluding hydrogens is 366 g/mol. The van der Waals surface area contributed by atoms with E-state index < -0.39 is 0 Å². The van der Waals surface area contributed by atoms with Crippen LogP contribution in [0.25, 0.3) is 11.5 Å². The topological polar surface area (TPSA) is 94.3 Å². The number of ketones is 1. The fraction of sp³-hybridized carbons (Fsp3) is 0.158. The van der Waals surface area contributed by atoms with Gasteiger partial charge in [0.2, 0.25) is 11.8 Å². The smallest absolute Gasteiger partial charge is 0.277 e. The summed E-state index contributed by atoms with van der Waals surface area (Å²) in [6.45, 7) is 1.45. The first-order chi connectivity index (χ1) is 13.0. The summed E-state index contributed by atoms with van der Waals surface area (Å²) in [7, 11) is 1.58. The van der Waals surface area contributed by atoms with Crippen LogP contribution in [0.4, 0.5) is 5.69 Å². The van der Waals surface area contributed by atoms with Crippen LogP contribution < -0.4 is 10.1 Å². The van der Waals surface area contributed by atoms with Crippen LogP contribution in [0.5, 0.6) is 5.75 Å². The van der Waals surface area contributed by atoms with Gasteiger partial charge in [0.15, 0.2) is 5.78 Å². The van der Waals surface area contributed by atoms with Crippen molar-refractivity contribution in [1.82, 2.24) is 10.2 Å². The fourth-order valence-electron chi connectivity index (χ4n) is 2.27. The van der Waals surface area contributed by atoms with E-state index in [2.05, 4.69) is 15.5 Å². The van der Waals surface area contributed by atoms with E-state index in [0.717, 1.165) is 5.56 Å². The fourth-order valence-corrected chi connectivity index (χ4v) is 2.93. The molecule has 1 heterocycles. The molecular formula is C19H17N3O4S. The number of aromatic nitrogens is 2. The van der Waals surface area contributed by atoms with Gasteiger partial charge in [0.1, 0.15) is 5.75 Å². The van der Waals surface area contributed by atoms with E-state index in [1.165, 1.54) is 18.7 Å². The average molecular weight is 383 g/mol. The highest BCUT2D eigenvalue weighted by Crippen LogP contribution is 2.25. The van der Waals surface area contributed by atoms with Crippen LogP contribution in [0.15, 0.2) is 58.2 Å². The number of carbonyl (C=O) groups excluding carboxylic acids is 2. The number of rotatable bonds is 7. The molecule has 7 nitrogen and oxygen atoms in total. The Morgan fingerprint density at radius 2 is 1.78 bits per heavy atom. The minimum atomic E-state index is -0.138. The van der Waals surface area contributed by atoms with Crippen LogP contribution in [-0.2, 0) is 4.79 Å². The molecule has 3 aromatic rings. The van der Waals surface area contributed by atoms with Gasteiger partial charge in [0, 0.05) is 23.7 Å². The number of thioether (sulfide) groups is 1. The van der Waals surface area contributed by atoms with Gasteiger partial charge in [0.25, 0.3) is 5.22 Å². The molecule has 0 saturated carbocycles. The van der Waals surface area contributed by atoms with E-state index in [9.17, 15) is 9.59 Å². The van der Waals surface area contributed by atoms with Gasteiger partial charge in [-0.1, -0.05) is 11.8 Å². The number of nitrogens with zero attached hydrogens (tertiary/aromatic N) is 2. The summed E-state index contributed by atoms with van der Waals surface area (Å²) in [5.74, 6) is 1.06. The van der Waals surface area contributed by atoms with Crippen molar-refractivity contribution in [2.75, 3.05) is 18.2 Å². The van der Waals surface area contributed by atoms with Crippen molar-refractivity contribution in [3.8, 4) is 17.2 Å². The lowest BCUT2D eigenvalue weighted by Crippen LogP contribution is -2.05. The highest BCUT2D eigenvalue weighted by molar-refractivity contribution is 7.99. The maximum atomic E-state index is 12.2. The van der Waals surface area contributed by atoms with Crippen LogP contribution >= 0.6 is 11.8 Å². The van der Waals surface area contributed by atoms with E-state index in [1.54, 1.807) is 55.6 Å². The zero-order valence-corrected chi connectivity index (χ0v) is 15.6. The molecule has 0 unspecified atom stereocenters. The lowest BCUT2D eigenvalue weighted by molar-refractivity contribution is -0.114. The molecule has 138 valence electrons. The van der Waals surface area contributed by atoms with Crippen molar-refractivity contribution in [1.29, 1.82) is 0 Å². The van der Waals surface area contributed by atoms with Crippen molar-refractivity contribution in [3.63, 3.8) is 0 Å². The number of carbonyl (C=O) groups is 2. The molecule has 3 rings (SSSR count). The maximum absolute atomic E-state index is 12.2. The van der Waals surface area contributed by atoms with Gasteiger partial charge in [0.05, 0.1) is 12.9 Å². The molecule has 0 aliphatic carbocycles. The number of nitrogens with one attached hydrogen (secondary N) is 1. The Labute approximate surface area is 160 Å². The van der Waals surface area contributed by atoms with Gasteiger partial charge < -0.3 is 14.5 Å². The number of hydrogen-bond donors (Lipinski definition) is 1. The van der Waals surface area contributed by atoms with E-state index >= 15 is 0 Å². The number of Topliss-reactive ketones (excluding diaryl/α,β-unsaturated/α-hetero) is 1. The number of benzene rings is 2. The first-order valence-electron chi connectivity index (χ1n) is 8.07. The molecule has 0 spiro atoms. The van der Waals surface area contributed by atoms with E-state index in [1.807, 2.05) is 0 Å². The molecule has 0 aliphatic heterocycles. The zero-order valence-electron chi connectivity index (χ0n) is 14.8. The molecule has 1 N–H and O–H groups in total. The average Bonchev–Trinajstić information content (AvgIpc) is 3.15. The lowest BCUT2D eigenvalue weighted by atomic mass is 10.1. The van der Waals surface area contributed by atoms with E-state index in [4.69, 9.17) is 9.15 Å². The Balaban J connectivity index is 1.60. The van der Waals surface area contributed by atoms with Crippen molar-refractivity contribution in [2.45, 2.75) is 12.1 Å². The van der Waals surface area contributed by atoms with Crippen LogP contribution in [0.3, 0.4) is 0 Å². The summed E-state index contributed by atoms with van der Waals surface area (Å²) >= 11 is 1.18. The molecule has 1 amide bonds. The Bertz CT molecular complexity index is 936. The van der Waals surface area contributed by atoms with Gasteiger partial charge in [-0.25, -0.2) is 0 Å². The number of anilines is 1. The standard InChI is InChI=1S/C19H17N3O4S/c1-12(23)20-15-7-3-14(4-8-15)18-21-22-19(26-18)27-11-17(24)13-5-9-16(25-2)10-6-13/h3-10H,11H2,1-2H3,(H,20,23). The van der Waals surface area contributed by atoms with Crippen molar-refractivity contribution in [2.24, 2.45) is 0 Å². The molecule has 0 bridgehead atoms. The number of amides is 1. The molecule has 1 aromatic heterocycles. The third-order valence-corrected chi connectivity index (χ3v) is 4.42. The summed E-state index contributed by atoms with van der Waals surface area (Å²) < 4.78 is 10.7. The van der Waals surface area contributed by atoms with Gasteiger partial charge in [-0.05, 0) is 48.5 Å². The predicted molar refractivity (Wildman–Crippen MR) is 102 cm³/mol. The molecule has 0 atom stereocenters. The SMILES string of the molecule is COc1ccc(C(=O)CSc2nnc(-c3ccc(NC(C)=O)cc3)o2)cc1. The lowest BCUT2D eigenvalue weighted by Gasteiger charge is -2.02. The minimum absolute atomic E-state index is 0.0398. The van der Waals surface area contributed by atoms with E-state index in [0.29, 0.717) is 28.1 Å². The first kappa shape index (κ1) is 18.7. The zero-order chi connectivity index (χ0) is 19.2. The second-order valence-electron chi connectivity index (χ2n) is 5.57. The van der Waals surface area contributed by atoms with Crippen LogP contribution in [0.1, 0.15) is 17.3 Å². The second-order valence-corrected chi connectivity index (χ2v) is 6.50. The summed E-state index contributed by atoms with van der Waals surface area (Å²) in [6, 6.07) is 14.0. The molecule has 2 aromatic carbocycles. The van der Waals surface area contributed by atoms with Crippen molar-refractivity contribution < 1.29 is 18.7 Å². The number of methoxy groups -OCH3 is 1. The quantitative estimate of drug-likeness (QED) is 0.491. The summed E-state index contributed by atoms with van der Waals surface area (Å²) in [6.07, 6.45) is 0. The van der Waals surface area contributed by atoms with E-state index in [-0.39, 0.29) is 17.4 Å². The Hall–Kier alpha value is -3.13. The highest BCUT2D eigenvalue weighted by atomic mass is 32.2. The van der Waals surface area contributed by atoms with Gasteiger partial charge >= 0.3 is 0 Å². The summed E-state index contributed by atoms with van der Waals surface area (Å²) in [4.78, 5) is 23.3. The molecule has 0 aliphatic rings. The second kappa shape index (κ2) is 8.50. The minimum Gasteiger partial charge on any atom is -0.497 e. The monoisotopic (exact) mass is 383 g/mol. The first-order valence-corrected chi connectivity index (χ1v) is 9.05. The molecule has 0 radical (unpaired) electrons. The highest BCUT2D eigenvalue weighted by Gasteiger charge is 2.13. The third kappa shape index (κ3) is 4.95. The summed E-state index contributed by atoms with van der Waals surface area (Å²) in [5.41, 5.74) is 2.01. The molecule has 27 heavy (non-hydrogen) atoms.